The fourth-order valence-corrected chi connectivity index (χ4v) is 4.39. The van der Waals surface area contributed by atoms with Gasteiger partial charge < -0.3 is 0 Å². The normalized spacial score (nSPS) is 15.3. The van der Waals surface area contributed by atoms with Gasteiger partial charge in [0.15, 0.2) is 0 Å². The fourth-order valence-electron chi connectivity index (χ4n) is 1.92. The van der Waals surface area contributed by atoms with Crippen LogP contribution in [0, 0.1) is 0 Å². The number of aliphatic hydroxyl groups excluding tert-OH is 1. The van der Waals surface area contributed by atoms with Gasteiger partial charge in [0, 0.05) is 0 Å². The van der Waals surface area contributed by atoms with E-state index in [1.807, 2.05) is 0 Å². The minimum absolute atomic E-state index is 0.167. The molecule has 1 aliphatic rings. The van der Waals surface area contributed by atoms with Crippen LogP contribution in [-0.4, -0.2) is 13.5 Å². The minimum atomic E-state index is -3.61. The van der Waals surface area contributed by atoms with Gasteiger partial charge in [-0.3, -0.25) is 0 Å². The number of aliphatic hydroxyl groups is 1. The monoisotopic (exact) mass is 419 g/mol. The molecule has 5 nitrogen and oxygen atoms in total. The second-order valence-corrected chi connectivity index (χ2v) is 7.76. The van der Waals surface area contributed by atoms with E-state index in [-0.39, 0.29) is 9.79 Å². The van der Waals surface area contributed by atoms with Crippen molar-refractivity contribution < 1.29 is 41.7 Å². The Hall–Kier alpha value is -1.32. The van der Waals surface area contributed by atoms with Gasteiger partial charge in [-0.2, -0.15) is 0 Å². The molecule has 2 aromatic carbocycles. The van der Waals surface area contributed by atoms with Gasteiger partial charge in [-0.05, 0) is 0 Å². The molecular weight excluding hydrogens is 407 g/mol. The molecule has 0 saturated carbocycles. The quantitative estimate of drug-likeness (QED) is 0.664. The molecular formula is C14H12IO5S-. The van der Waals surface area contributed by atoms with Crippen molar-refractivity contribution in [3.05, 3.63) is 48.0 Å². The van der Waals surface area contributed by atoms with Gasteiger partial charge >= 0.3 is 134 Å². The van der Waals surface area contributed by atoms with Crippen molar-refractivity contribution in [3.8, 4) is 11.5 Å². The fraction of sp³-hybridized carbons (Fsp3) is 0.143. The molecule has 0 aromatic heterocycles. The Labute approximate surface area is 133 Å². The van der Waals surface area contributed by atoms with Gasteiger partial charge in [0.25, 0.3) is 0 Å². The average Bonchev–Trinajstić information content (AvgIpc) is 2.94. The summed E-state index contributed by atoms with van der Waals surface area (Å²) in [6, 6.07) is 10.8. The molecule has 2 aromatic rings. The van der Waals surface area contributed by atoms with Crippen LogP contribution in [0.25, 0.3) is 0 Å². The second kappa shape index (κ2) is 5.47. The summed E-state index contributed by atoms with van der Waals surface area (Å²) in [5, 5.41) is 9.46. The van der Waals surface area contributed by atoms with E-state index in [1.54, 1.807) is 25.1 Å². The van der Waals surface area contributed by atoms with Gasteiger partial charge in [0.1, 0.15) is 0 Å². The molecule has 0 bridgehead atoms. The summed E-state index contributed by atoms with van der Waals surface area (Å²) in [4.78, 5) is 0.348. The van der Waals surface area contributed by atoms with Crippen molar-refractivity contribution in [3.63, 3.8) is 0 Å². The summed E-state index contributed by atoms with van der Waals surface area (Å²) in [6.07, 6.45) is -0.628. The number of fused-ring (bicyclic) bond motifs is 1. The van der Waals surface area contributed by atoms with Gasteiger partial charge in [0.2, 0.25) is 0 Å². The van der Waals surface area contributed by atoms with Crippen LogP contribution in [0.1, 0.15) is 18.6 Å². The molecule has 7 heteroatoms. The van der Waals surface area contributed by atoms with E-state index in [0.29, 0.717) is 17.1 Å². The number of hydrogen-bond acceptors (Lipinski definition) is 5. The standard InChI is InChI=1S/C14H12IO5S/c1-9(16)10-2-4-11(5-3-10)21(17,18)12-6-7-13-14(8-12)20-15-19-13/h2-9,16H,1H3/q-1/t9-/m1/s1. The van der Waals surface area contributed by atoms with E-state index in [1.165, 1.54) is 24.3 Å². The van der Waals surface area contributed by atoms with E-state index < -0.39 is 38.0 Å². The van der Waals surface area contributed by atoms with Crippen LogP contribution in [0.4, 0.5) is 0 Å². The number of hydrogen-bond donors (Lipinski definition) is 1. The van der Waals surface area contributed by atoms with Gasteiger partial charge in [0.05, 0.1) is 0 Å². The molecule has 0 fully saturated rings. The Morgan fingerprint density at radius 1 is 1.00 bits per heavy atom. The van der Waals surface area contributed by atoms with E-state index in [9.17, 15) is 13.5 Å². The zero-order valence-corrected chi connectivity index (χ0v) is 14.0. The molecule has 0 spiro atoms. The summed E-state index contributed by atoms with van der Waals surface area (Å²) < 4.78 is 35.7. The van der Waals surface area contributed by atoms with Crippen molar-refractivity contribution in [2.45, 2.75) is 22.8 Å². The zero-order valence-electron chi connectivity index (χ0n) is 11.0. The third kappa shape index (κ3) is 2.72. The third-order valence-electron chi connectivity index (χ3n) is 3.13. The molecule has 0 aliphatic carbocycles. The first-order chi connectivity index (χ1) is 9.98. The number of halogens is 1. The van der Waals surface area contributed by atoms with Crippen LogP contribution in [0.15, 0.2) is 52.3 Å². The van der Waals surface area contributed by atoms with Gasteiger partial charge in [-0.15, -0.1) is 0 Å². The molecule has 1 N–H and O–H groups in total. The summed E-state index contributed by atoms with van der Waals surface area (Å²) >= 11 is -0.827. The van der Waals surface area contributed by atoms with Crippen molar-refractivity contribution in [1.29, 1.82) is 0 Å². The van der Waals surface area contributed by atoms with Crippen LogP contribution >= 0.6 is 0 Å². The molecule has 0 unspecified atom stereocenters. The Kier molecular flexibility index (Phi) is 3.80. The van der Waals surface area contributed by atoms with Crippen LogP contribution in [0.2, 0.25) is 0 Å². The van der Waals surface area contributed by atoms with Crippen LogP contribution in [-0.2, 0) is 9.84 Å². The SMILES string of the molecule is C[C@@H](O)c1ccc(S(=O)(=O)c2ccc3c(c2)O[I-]O3)cc1. The Morgan fingerprint density at radius 2 is 1.62 bits per heavy atom. The summed E-state index contributed by atoms with van der Waals surface area (Å²) in [6.45, 7) is 1.63. The van der Waals surface area contributed by atoms with Crippen LogP contribution in [0.3, 0.4) is 0 Å². The first kappa shape index (κ1) is 14.6. The first-order valence-corrected chi connectivity index (χ1v) is 9.39. The zero-order chi connectivity index (χ0) is 15.0. The van der Waals surface area contributed by atoms with Crippen molar-refractivity contribution >= 4 is 9.84 Å². The maximum atomic E-state index is 12.6. The molecule has 1 aliphatic heterocycles. The molecule has 112 valence electrons. The predicted molar refractivity (Wildman–Crippen MR) is 70.2 cm³/mol. The Morgan fingerprint density at radius 3 is 2.29 bits per heavy atom. The third-order valence-corrected chi connectivity index (χ3v) is 6.20. The van der Waals surface area contributed by atoms with Crippen molar-refractivity contribution in [1.82, 2.24) is 0 Å². The maximum absolute atomic E-state index is 12.6. The van der Waals surface area contributed by atoms with E-state index in [4.69, 9.17) is 6.13 Å². The Bertz CT molecular complexity index is 768. The second-order valence-electron chi connectivity index (χ2n) is 4.57. The molecule has 3 rings (SSSR count). The number of sulfone groups is 1. The number of rotatable bonds is 3. The van der Waals surface area contributed by atoms with Gasteiger partial charge in [-0.25, -0.2) is 0 Å². The van der Waals surface area contributed by atoms with E-state index in [2.05, 4.69) is 0 Å². The molecule has 0 amide bonds. The van der Waals surface area contributed by atoms with Gasteiger partial charge in [-0.1, -0.05) is 0 Å². The molecule has 1 heterocycles. The van der Waals surface area contributed by atoms with E-state index >= 15 is 0 Å². The van der Waals surface area contributed by atoms with Crippen LogP contribution in [0.5, 0.6) is 11.5 Å². The topological polar surface area (TPSA) is 72.8 Å². The summed E-state index contributed by atoms with van der Waals surface area (Å²) in [5.74, 6) is 1.07. The average molecular weight is 419 g/mol. The van der Waals surface area contributed by atoms with Crippen LogP contribution < -0.4 is 28.2 Å². The molecule has 0 radical (unpaired) electrons. The number of benzene rings is 2. The summed E-state index contributed by atoms with van der Waals surface area (Å²) in [7, 11) is -3.61. The molecule has 21 heavy (non-hydrogen) atoms. The van der Waals surface area contributed by atoms with Crippen molar-refractivity contribution in [2.75, 3.05) is 0 Å². The van der Waals surface area contributed by atoms with E-state index in [0.717, 1.165) is 0 Å². The summed E-state index contributed by atoms with van der Waals surface area (Å²) in [5.41, 5.74) is 0.671. The predicted octanol–water partition coefficient (Wildman–Crippen LogP) is -0.737. The van der Waals surface area contributed by atoms with Crippen molar-refractivity contribution in [2.24, 2.45) is 0 Å². The first-order valence-electron chi connectivity index (χ1n) is 6.14. The Balaban J connectivity index is 2.00. The molecule has 0 saturated heterocycles. The molecule has 1 atom stereocenters.